The Kier molecular flexibility index (Phi) is 3.41. The molecule has 0 unspecified atom stereocenters. The van der Waals surface area contributed by atoms with Gasteiger partial charge in [0.1, 0.15) is 0 Å². The molecule has 0 aliphatic carbocycles. The smallest absolute Gasteiger partial charge is 0.0298 e. The first-order chi connectivity index (χ1) is 7.36. The van der Waals surface area contributed by atoms with Crippen molar-refractivity contribution in [3.63, 3.8) is 0 Å². The van der Waals surface area contributed by atoms with Gasteiger partial charge in [0.15, 0.2) is 0 Å². The average Bonchev–Trinajstić information content (AvgIpc) is 2.31. The Morgan fingerprint density at radius 2 is 1.87 bits per heavy atom. The molecule has 0 saturated carbocycles. The largest absolute Gasteiger partial charge is 0.375 e. The summed E-state index contributed by atoms with van der Waals surface area (Å²) in [6.45, 7) is 6.60. The summed E-state index contributed by atoms with van der Waals surface area (Å²) < 4.78 is 0. The summed E-state index contributed by atoms with van der Waals surface area (Å²) in [5, 5.41) is 3.36. The van der Waals surface area contributed by atoms with Gasteiger partial charge in [-0.2, -0.15) is 0 Å². The Morgan fingerprint density at radius 3 is 2.53 bits per heavy atom. The number of hydrogen-bond donors (Lipinski definition) is 1. The third-order valence-electron chi connectivity index (χ3n) is 2.76. The van der Waals surface area contributed by atoms with E-state index in [9.17, 15) is 0 Å². The van der Waals surface area contributed by atoms with Crippen molar-refractivity contribution in [1.82, 2.24) is 10.2 Å². The third-order valence-corrected chi connectivity index (χ3v) is 2.76. The first-order valence-electron chi connectivity index (χ1n) is 5.55. The molecule has 0 atom stereocenters. The fourth-order valence-corrected chi connectivity index (χ4v) is 1.86. The SMILES string of the molecule is CC(=CN1CCNCC1)c1ccccc1. The third kappa shape index (κ3) is 2.83. The van der Waals surface area contributed by atoms with E-state index in [4.69, 9.17) is 0 Å². The van der Waals surface area contributed by atoms with Gasteiger partial charge in [-0.15, -0.1) is 0 Å². The number of nitrogens with one attached hydrogen (secondary N) is 1. The zero-order chi connectivity index (χ0) is 10.5. The van der Waals surface area contributed by atoms with Crippen LogP contribution in [0.15, 0.2) is 36.5 Å². The molecule has 1 heterocycles. The summed E-state index contributed by atoms with van der Waals surface area (Å²) >= 11 is 0. The predicted octanol–water partition coefficient (Wildman–Crippen LogP) is 1.95. The number of nitrogens with zero attached hydrogens (tertiary/aromatic N) is 1. The maximum atomic E-state index is 3.36. The predicted molar refractivity (Wildman–Crippen MR) is 64.5 cm³/mol. The van der Waals surface area contributed by atoms with Crippen molar-refractivity contribution in [3.05, 3.63) is 42.1 Å². The first kappa shape index (κ1) is 10.2. The van der Waals surface area contributed by atoms with E-state index >= 15 is 0 Å². The van der Waals surface area contributed by atoms with Crippen molar-refractivity contribution in [2.24, 2.45) is 0 Å². The van der Waals surface area contributed by atoms with Crippen LogP contribution in [0, 0.1) is 0 Å². The van der Waals surface area contributed by atoms with Gasteiger partial charge in [-0.1, -0.05) is 30.3 Å². The summed E-state index contributed by atoms with van der Waals surface area (Å²) in [6, 6.07) is 10.6. The van der Waals surface area contributed by atoms with Gasteiger partial charge in [-0.3, -0.25) is 0 Å². The molecule has 15 heavy (non-hydrogen) atoms. The topological polar surface area (TPSA) is 15.3 Å². The quantitative estimate of drug-likeness (QED) is 0.788. The van der Waals surface area contributed by atoms with E-state index in [-0.39, 0.29) is 0 Å². The molecular formula is C13H18N2. The Balaban J connectivity index is 2.06. The van der Waals surface area contributed by atoms with Gasteiger partial charge in [0.25, 0.3) is 0 Å². The minimum atomic E-state index is 1.10. The highest BCUT2D eigenvalue weighted by Crippen LogP contribution is 2.13. The van der Waals surface area contributed by atoms with Crippen LogP contribution in [0.4, 0.5) is 0 Å². The van der Waals surface area contributed by atoms with Gasteiger partial charge in [0.2, 0.25) is 0 Å². The average molecular weight is 202 g/mol. The Labute approximate surface area is 91.6 Å². The van der Waals surface area contributed by atoms with Gasteiger partial charge < -0.3 is 10.2 Å². The molecule has 1 aromatic carbocycles. The fourth-order valence-electron chi connectivity index (χ4n) is 1.86. The lowest BCUT2D eigenvalue weighted by atomic mass is 10.1. The summed E-state index contributed by atoms with van der Waals surface area (Å²) in [6.07, 6.45) is 2.27. The second kappa shape index (κ2) is 4.99. The van der Waals surface area contributed by atoms with Gasteiger partial charge in [0, 0.05) is 32.4 Å². The molecule has 0 aromatic heterocycles. The highest BCUT2D eigenvalue weighted by molar-refractivity contribution is 5.63. The van der Waals surface area contributed by atoms with E-state index in [0.29, 0.717) is 0 Å². The van der Waals surface area contributed by atoms with Crippen LogP contribution in [0.1, 0.15) is 12.5 Å². The molecule has 0 bridgehead atoms. The number of hydrogen-bond acceptors (Lipinski definition) is 2. The van der Waals surface area contributed by atoms with Crippen LogP contribution in [0.2, 0.25) is 0 Å². The molecule has 2 rings (SSSR count). The minimum absolute atomic E-state index is 1.10. The van der Waals surface area contributed by atoms with E-state index in [1.54, 1.807) is 0 Å². The van der Waals surface area contributed by atoms with Crippen LogP contribution in [-0.4, -0.2) is 31.1 Å². The van der Waals surface area contributed by atoms with Crippen LogP contribution >= 0.6 is 0 Å². The van der Waals surface area contributed by atoms with Crippen molar-refractivity contribution in [2.75, 3.05) is 26.2 Å². The maximum Gasteiger partial charge on any atom is 0.0298 e. The molecule has 1 fully saturated rings. The Hall–Kier alpha value is -1.28. The molecule has 2 nitrogen and oxygen atoms in total. The molecule has 1 aliphatic rings. The van der Waals surface area contributed by atoms with E-state index in [1.807, 2.05) is 0 Å². The van der Waals surface area contributed by atoms with E-state index in [0.717, 1.165) is 26.2 Å². The molecule has 80 valence electrons. The summed E-state index contributed by atoms with van der Waals surface area (Å²) in [5.41, 5.74) is 2.66. The summed E-state index contributed by atoms with van der Waals surface area (Å²) in [7, 11) is 0. The molecule has 1 N–H and O–H groups in total. The normalized spacial score (nSPS) is 17.9. The number of benzene rings is 1. The fraction of sp³-hybridized carbons (Fsp3) is 0.385. The van der Waals surface area contributed by atoms with Crippen LogP contribution in [0.3, 0.4) is 0 Å². The monoisotopic (exact) mass is 202 g/mol. The molecule has 1 aromatic rings. The molecule has 0 amide bonds. The standard InChI is InChI=1S/C13H18N2/c1-12(13-5-3-2-4-6-13)11-15-9-7-14-8-10-15/h2-6,11,14H,7-10H2,1H3. The van der Waals surface area contributed by atoms with Crippen LogP contribution in [-0.2, 0) is 0 Å². The molecule has 0 radical (unpaired) electrons. The van der Waals surface area contributed by atoms with Gasteiger partial charge in [-0.05, 0) is 18.1 Å². The van der Waals surface area contributed by atoms with Crippen molar-refractivity contribution in [2.45, 2.75) is 6.92 Å². The van der Waals surface area contributed by atoms with Crippen molar-refractivity contribution in [1.29, 1.82) is 0 Å². The lowest BCUT2D eigenvalue weighted by Crippen LogP contribution is -2.40. The zero-order valence-corrected chi connectivity index (χ0v) is 9.24. The number of piperazine rings is 1. The van der Waals surface area contributed by atoms with E-state index in [2.05, 4.69) is 53.7 Å². The molecule has 2 heteroatoms. The Morgan fingerprint density at radius 1 is 1.20 bits per heavy atom. The van der Waals surface area contributed by atoms with Gasteiger partial charge in [0.05, 0.1) is 0 Å². The maximum absolute atomic E-state index is 3.36. The summed E-state index contributed by atoms with van der Waals surface area (Å²) in [4.78, 5) is 2.39. The molecule has 0 spiro atoms. The van der Waals surface area contributed by atoms with E-state index in [1.165, 1.54) is 11.1 Å². The molecule has 1 aliphatic heterocycles. The summed E-state index contributed by atoms with van der Waals surface area (Å²) in [5.74, 6) is 0. The number of allylic oxidation sites excluding steroid dienone is 1. The van der Waals surface area contributed by atoms with Crippen molar-refractivity contribution in [3.8, 4) is 0 Å². The minimum Gasteiger partial charge on any atom is -0.375 e. The van der Waals surface area contributed by atoms with Gasteiger partial charge >= 0.3 is 0 Å². The first-order valence-corrected chi connectivity index (χ1v) is 5.55. The number of rotatable bonds is 2. The van der Waals surface area contributed by atoms with Crippen LogP contribution in [0.5, 0.6) is 0 Å². The van der Waals surface area contributed by atoms with Crippen molar-refractivity contribution >= 4 is 5.57 Å². The van der Waals surface area contributed by atoms with Gasteiger partial charge in [-0.25, -0.2) is 0 Å². The highest BCUT2D eigenvalue weighted by atomic mass is 15.2. The van der Waals surface area contributed by atoms with E-state index < -0.39 is 0 Å². The second-order valence-electron chi connectivity index (χ2n) is 3.96. The lowest BCUT2D eigenvalue weighted by Gasteiger charge is -2.26. The van der Waals surface area contributed by atoms with Crippen LogP contribution < -0.4 is 5.32 Å². The van der Waals surface area contributed by atoms with Crippen LogP contribution in [0.25, 0.3) is 5.57 Å². The zero-order valence-electron chi connectivity index (χ0n) is 9.24. The molecule has 1 saturated heterocycles. The Bertz CT molecular complexity index is 324. The van der Waals surface area contributed by atoms with Crippen molar-refractivity contribution < 1.29 is 0 Å². The lowest BCUT2D eigenvalue weighted by molar-refractivity contribution is 0.325. The second-order valence-corrected chi connectivity index (χ2v) is 3.96. The highest BCUT2D eigenvalue weighted by Gasteiger charge is 2.05. The molecular weight excluding hydrogens is 184 g/mol.